The molecule has 18 heavy (non-hydrogen) atoms. The molecule has 0 saturated heterocycles. The van der Waals surface area contributed by atoms with Gasteiger partial charge in [0, 0.05) is 18.0 Å². The summed E-state index contributed by atoms with van der Waals surface area (Å²) in [7, 11) is 0. The minimum absolute atomic E-state index is 0.0637. The van der Waals surface area contributed by atoms with E-state index in [0.29, 0.717) is 12.1 Å². The summed E-state index contributed by atoms with van der Waals surface area (Å²) < 4.78 is 1.44. The fourth-order valence-electron chi connectivity index (χ4n) is 1.52. The van der Waals surface area contributed by atoms with Crippen LogP contribution >= 0.6 is 11.6 Å². The smallest absolute Gasteiger partial charge is 0.288 e. The summed E-state index contributed by atoms with van der Waals surface area (Å²) in [6.07, 6.45) is 3.01. The van der Waals surface area contributed by atoms with Crippen LogP contribution in [0.5, 0.6) is 0 Å². The second kappa shape index (κ2) is 5.01. The molecular formula is C12H10ClN3O2. The third-order valence-electron chi connectivity index (χ3n) is 2.46. The molecule has 1 aromatic carbocycles. The molecule has 0 spiro atoms. The maximum atomic E-state index is 11.6. The molecule has 2 N–H and O–H groups in total. The van der Waals surface area contributed by atoms with Crippen LogP contribution in [-0.2, 0) is 6.54 Å². The number of benzene rings is 1. The van der Waals surface area contributed by atoms with Gasteiger partial charge in [0.2, 0.25) is 5.91 Å². The number of rotatable bonds is 3. The third kappa shape index (κ3) is 2.57. The maximum Gasteiger partial charge on any atom is 0.288 e. The first kappa shape index (κ1) is 12.3. The Morgan fingerprint density at radius 3 is 2.61 bits per heavy atom. The fraction of sp³-hybridized carbons (Fsp3) is 0.0833. The molecule has 1 heterocycles. The van der Waals surface area contributed by atoms with E-state index in [9.17, 15) is 9.59 Å². The normalized spacial score (nSPS) is 10.3. The van der Waals surface area contributed by atoms with E-state index in [2.05, 4.69) is 4.98 Å². The van der Waals surface area contributed by atoms with Crippen molar-refractivity contribution in [3.05, 3.63) is 63.3 Å². The van der Waals surface area contributed by atoms with E-state index in [1.54, 1.807) is 30.5 Å². The van der Waals surface area contributed by atoms with E-state index in [4.69, 9.17) is 17.3 Å². The number of nitrogens with two attached hydrogens (primary N) is 1. The number of carbonyl (C=O) groups is 1. The Morgan fingerprint density at radius 1 is 1.33 bits per heavy atom. The van der Waals surface area contributed by atoms with Crippen molar-refractivity contribution in [2.24, 2.45) is 5.73 Å². The van der Waals surface area contributed by atoms with Crippen LogP contribution in [0.1, 0.15) is 15.9 Å². The average molecular weight is 264 g/mol. The van der Waals surface area contributed by atoms with Crippen LogP contribution in [0, 0.1) is 0 Å². The van der Waals surface area contributed by atoms with Crippen LogP contribution in [0.15, 0.2) is 41.5 Å². The predicted octanol–water partition coefficient (Wildman–Crippen LogP) is 1.04. The Balaban J connectivity index is 2.26. The van der Waals surface area contributed by atoms with Gasteiger partial charge in [-0.3, -0.25) is 9.59 Å². The molecule has 0 radical (unpaired) electrons. The standard InChI is InChI=1S/C12H10ClN3O2/c13-10-12(18)16(6-5-15-10)7-8-1-3-9(4-2-8)11(14)17/h1-6H,7H2,(H2,14,17). The van der Waals surface area contributed by atoms with Crippen molar-refractivity contribution in [1.29, 1.82) is 0 Å². The lowest BCUT2D eigenvalue weighted by molar-refractivity contribution is 0.100. The fourth-order valence-corrected chi connectivity index (χ4v) is 1.68. The summed E-state index contributed by atoms with van der Waals surface area (Å²) in [4.78, 5) is 26.2. The van der Waals surface area contributed by atoms with E-state index in [1.807, 2.05) is 0 Å². The van der Waals surface area contributed by atoms with Gasteiger partial charge in [0.15, 0.2) is 5.15 Å². The van der Waals surface area contributed by atoms with Crippen LogP contribution in [0.4, 0.5) is 0 Å². The van der Waals surface area contributed by atoms with E-state index in [0.717, 1.165) is 5.56 Å². The molecule has 0 fully saturated rings. The summed E-state index contributed by atoms with van der Waals surface area (Å²) in [5.41, 5.74) is 6.09. The zero-order valence-electron chi connectivity index (χ0n) is 9.34. The number of amides is 1. The SMILES string of the molecule is NC(=O)c1ccc(Cn2ccnc(Cl)c2=O)cc1. The van der Waals surface area contributed by atoms with Crippen molar-refractivity contribution >= 4 is 17.5 Å². The van der Waals surface area contributed by atoms with Crippen molar-refractivity contribution in [1.82, 2.24) is 9.55 Å². The minimum atomic E-state index is -0.481. The van der Waals surface area contributed by atoms with Gasteiger partial charge in [0.1, 0.15) is 0 Å². The zero-order chi connectivity index (χ0) is 13.1. The molecule has 1 amide bonds. The maximum absolute atomic E-state index is 11.6. The summed E-state index contributed by atoms with van der Waals surface area (Å²) in [5, 5.41) is -0.0637. The van der Waals surface area contributed by atoms with Crippen LogP contribution in [0.2, 0.25) is 5.15 Å². The van der Waals surface area contributed by atoms with E-state index in [-0.39, 0.29) is 10.7 Å². The minimum Gasteiger partial charge on any atom is -0.366 e. The van der Waals surface area contributed by atoms with Crippen molar-refractivity contribution < 1.29 is 4.79 Å². The van der Waals surface area contributed by atoms with Gasteiger partial charge >= 0.3 is 0 Å². The Kier molecular flexibility index (Phi) is 3.43. The number of halogens is 1. The first-order chi connectivity index (χ1) is 8.58. The second-order valence-corrected chi connectivity index (χ2v) is 4.07. The van der Waals surface area contributed by atoms with Gasteiger partial charge in [0.05, 0.1) is 6.54 Å². The Morgan fingerprint density at radius 2 is 2.00 bits per heavy atom. The molecule has 1 aromatic heterocycles. The summed E-state index contributed by atoms with van der Waals surface area (Å²) in [6, 6.07) is 6.71. The molecule has 6 heteroatoms. The summed E-state index contributed by atoms with van der Waals surface area (Å²) in [5.74, 6) is -0.481. The number of carbonyl (C=O) groups excluding carboxylic acids is 1. The van der Waals surface area contributed by atoms with Crippen molar-refractivity contribution in [3.63, 3.8) is 0 Å². The lowest BCUT2D eigenvalue weighted by Gasteiger charge is -2.06. The lowest BCUT2D eigenvalue weighted by atomic mass is 10.1. The first-order valence-electron chi connectivity index (χ1n) is 5.17. The van der Waals surface area contributed by atoms with Crippen LogP contribution in [0.3, 0.4) is 0 Å². The highest BCUT2D eigenvalue weighted by Gasteiger charge is 2.04. The van der Waals surface area contributed by atoms with Crippen LogP contribution in [-0.4, -0.2) is 15.5 Å². The molecule has 0 aliphatic carbocycles. The molecule has 0 atom stereocenters. The predicted molar refractivity (Wildman–Crippen MR) is 67.6 cm³/mol. The van der Waals surface area contributed by atoms with Gasteiger partial charge in [0.25, 0.3) is 5.56 Å². The van der Waals surface area contributed by atoms with Crippen LogP contribution in [0.25, 0.3) is 0 Å². The molecule has 0 unspecified atom stereocenters. The number of primary amides is 1. The highest BCUT2D eigenvalue weighted by molar-refractivity contribution is 6.29. The Bertz CT molecular complexity index is 635. The summed E-state index contributed by atoms with van der Waals surface area (Å²) in [6.45, 7) is 0.361. The number of hydrogen-bond donors (Lipinski definition) is 1. The van der Waals surface area contributed by atoms with E-state index >= 15 is 0 Å². The van der Waals surface area contributed by atoms with Gasteiger partial charge in [-0.15, -0.1) is 0 Å². The third-order valence-corrected chi connectivity index (χ3v) is 2.72. The molecule has 5 nitrogen and oxygen atoms in total. The first-order valence-corrected chi connectivity index (χ1v) is 5.55. The zero-order valence-corrected chi connectivity index (χ0v) is 10.1. The number of hydrogen-bond acceptors (Lipinski definition) is 3. The largest absolute Gasteiger partial charge is 0.366 e. The topological polar surface area (TPSA) is 78.0 Å². The molecule has 2 rings (SSSR count). The lowest BCUT2D eigenvalue weighted by Crippen LogP contribution is -2.21. The van der Waals surface area contributed by atoms with Gasteiger partial charge in [-0.25, -0.2) is 4.98 Å². The van der Waals surface area contributed by atoms with Gasteiger partial charge in [-0.1, -0.05) is 23.7 Å². The second-order valence-electron chi connectivity index (χ2n) is 3.71. The monoisotopic (exact) mass is 263 g/mol. The van der Waals surface area contributed by atoms with Gasteiger partial charge < -0.3 is 10.3 Å². The molecule has 2 aromatic rings. The van der Waals surface area contributed by atoms with Crippen LogP contribution < -0.4 is 11.3 Å². The number of aromatic nitrogens is 2. The highest BCUT2D eigenvalue weighted by Crippen LogP contribution is 2.05. The molecule has 92 valence electrons. The number of nitrogens with zero attached hydrogens (tertiary/aromatic N) is 2. The van der Waals surface area contributed by atoms with Crippen molar-refractivity contribution in [2.45, 2.75) is 6.54 Å². The van der Waals surface area contributed by atoms with E-state index < -0.39 is 5.91 Å². The molecule has 0 saturated carbocycles. The summed E-state index contributed by atoms with van der Waals surface area (Å²) >= 11 is 5.64. The molecule has 0 aliphatic heterocycles. The molecule has 0 bridgehead atoms. The molecular weight excluding hydrogens is 254 g/mol. The van der Waals surface area contributed by atoms with E-state index in [1.165, 1.54) is 10.8 Å². The quantitative estimate of drug-likeness (QED) is 0.899. The average Bonchev–Trinajstić information content (AvgIpc) is 2.36. The Hall–Kier alpha value is -2.14. The highest BCUT2D eigenvalue weighted by atomic mass is 35.5. The molecule has 0 aliphatic rings. The van der Waals surface area contributed by atoms with Crippen molar-refractivity contribution in [3.8, 4) is 0 Å². The van der Waals surface area contributed by atoms with Gasteiger partial charge in [-0.05, 0) is 17.7 Å². The van der Waals surface area contributed by atoms with Gasteiger partial charge in [-0.2, -0.15) is 0 Å². The Labute approximate surface area is 108 Å². The van der Waals surface area contributed by atoms with Crippen molar-refractivity contribution in [2.75, 3.05) is 0 Å².